The molecule has 0 amide bonds. The van der Waals surface area contributed by atoms with Gasteiger partial charge in [0.1, 0.15) is 12.2 Å². The van der Waals surface area contributed by atoms with Gasteiger partial charge in [-0.1, -0.05) is 163 Å². The van der Waals surface area contributed by atoms with E-state index in [2.05, 4.69) is 20.8 Å². The Bertz CT molecular complexity index is 1700. The van der Waals surface area contributed by atoms with Crippen LogP contribution in [0.25, 0.3) is 0 Å². The quantitative estimate of drug-likeness (QED) is 0.143. The second kappa shape index (κ2) is 13.9. The smallest absolute Gasteiger partial charge is 0.325 e. The summed E-state index contributed by atoms with van der Waals surface area (Å²) < 4.78 is 83.2. The SMILES string of the molecule is CC(C)(C)[Si](OC[C@H]1OC(OS(C)(=O)=O)C(F)(F)C1O[Si](c1ccccc1)(c1ccccc1)C(C)(C)C)(c1ccccc1)c1ccccc1. The van der Waals surface area contributed by atoms with Crippen LogP contribution in [0.5, 0.6) is 0 Å². The molecule has 6 nitrogen and oxygen atoms in total. The molecule has 4 aromatic carbocycles. The molecule has 49 heavy (non-hydrogen) atoms. The largest absolute Gasteiger partial charge is 0.405 e. The molecule has 1 heterocycles. The molecule has 11 heteroatoms. The number of hydrogen-bond acceptors (Lipinski definition) is 6. The monoisotopic (exact) mass is 724 g/mol. The zero-order valence-electron chi connectivity index (χ0n) is 29.1. The van der Waals surface area contributed by atoms with Crippen molar-refractivity contribution >= 4 is 47.5 Å². The molecule has 0 radical (unpaired) electrons. The summed E-state index contributed by atoms with van der Waals surface area (Å²) in [4.78, 5) is 0. The van der Waals surface area contributed by atoms with Crippen LogP contribution in [0.4, 0.5) is 8.78 Å². The number of hydrogen-bond donors (Lipinski definition) is 0. The van der Waals surface area contributed by atoms with Crippen LogP contribution in [0.3, 0.4) is 0 Å². The lowest BCUT2D eigenvalue weighted by atomic mass is 10.1. The van der Waals surface area contributed by atoms with Gasteiger partial charge in [-0.05, 0) is 30.8 Å². The van der Waals surface area contributed by atoms with Crippen molar-refractivity contribution in [1.29, 1.82) is 0 Å². The van der Waals surface area contributed by atoms with Crippen molar-refractivity contribution in [2.45, 2.75) is 76.0 Å². The van der Waals surface area contributed by atoms with E-state index in [1.165, 1.54) is 0 Å². The van der Waals surface area contributed by atoms with E-state index in [1.54, 1.807) is 0 Å². The second-order valence-corrected chi connectivity index (χ2v) is 24.8. The molecular formula is C38H46F2O6SSi2. The molecule has 1 fully saturated rings. The standard InChI is InChI=1S/C38H46F2O6SSi2/c1-36(2,3)48(29-20-12-8-13-21-29,30-22-14-9-15-23-30)43-28-33-34(38(39,40)35(44-33)45-47(7,41)42)46-49(37(4,5)6,31-24-16-10-17-25-31)32-26-18-11-19-27-32/h8-27,33-35H,28H2,1-7H3/t33-,34?,35?/m1/s1. The predicted octanol–water partition coefficient (Wildman–Crippen LogP) is 5.84. The fraction of sp³-hybridized carbons (Fsp3) is 0.368. The Morgan fingerprint density at radius 2 is 1.00 bits per heavy atom. The Balaban J connectivity index is 1.68. The Kier molecular flexibility index (Phi) is 10.6. The summed E-state index contributed by atoms with van der Waals surface area (Å²) in [6.07, 6.45) is -4.97. The molecule has 1 saturated heterocycles. The molecular weight excluding hydrogens is 679 g/mol. The van der Waals surface area contributed by atoms with Crippen molar-refractivity contribution in [1.82, 2.24) is 0 Å². The predicted molar refractivity (Wildman–Crippen MR) is 196 cm³/mol. The highest BCUT2D eigenvalue weighted by Crippen LogP contribution is 2.46. The van der Waals surface area contributed by atoms with Crippen LogP contribution in [0.15, 0.2) is 121 Å². The van der Waals surface area contributed by atoms with Crippen molar-refractivity contribution in [3.63, 3.8) is 0 Å². The molecule has 4 aromatic rings. The first-order valence-corrected chi connectivity index (χ1v) is 22.0. The molecule has 0 aliphatic carbocycles. The maximum Gasteiger partial charge on any atom is 0.325 e. The third-order valence-corrected chi connectivity index (χ3v) is 19.7. The van der Waals surface area contributed by atoms with Crippen LogP contribution in [0.1, 0.15) is 41.5 Å². The van der Waals surface area contributed by atoms with Gasteiger partial charge in [0.05, 0.1) is 12.9 Å². The molecule has 0 aromatic heterocycles. The van der Waals surface area contributed by atoms with E-state index in [0.717, 1.165) is 27.0 Å². The van der Waals surface area contributed by atoms with Crippen LogP contribution in [0, 0.1) is 0 Å². The minimum absolute atomic E-state index is 0.296. The van der Waals surface area contributed by atoms with Crippen molar-refractivity contribution in [3.8, 4) is 0 Å². The molecule has 1 aliphatic rings. The Labute approximate surface area is 291 Å². The van der Waals surface area contributed by atoms with Gasteiger partial charge in [0.2, 0.25) is 6.29 Å². The van der Waals surface area contributed by atoms with E-state index in [0.29, 0.717) is 0 Å². The van der Waals surface area contributed by atoms with Crippen LogP contribution in [-0.4, -0.2) is 62.3 Å². The van der Waals surface area contributed by atoms with Crippen LogP contribution >= 0.6 is 0 Å². The molecule has 0 bridgehead atoms. The topological polar surface area (TPSA) is 71.1 Å². The fourth-order valence-corrected chi connectivity index (χ4v) is 16.8. The average Bonchev–Trinajstić information content (AvgIpc) is 3.27. The average molecular weight is 725 g/mol. The van der Waals surface area contributed by atoms with E-state index in [9.17, 15) is 8.42 Å². The van der Waals surface area contributed by atoms with Gasteiger partial charge in [-0.15, -0.1) is 0 Å². The molecule has 0 N–H and O–H groups in total. The summed E-state index contributed by atoms with van der Waals surface area (Å²) in [7, 11) is -11.1. The number of rotatable bonds is 11. The van der Waals surface area contributed by atoms with Gasteiger partial charge in [0.15, 0.2) is 0 Å². The van der Waals surface area contributed by atoms with Crippen molar-refractivity contribution in [2.75, 3.05) is 12.9 Å². The first kappa shape index (κ1) is 37.2. The number of halogens is 2. The molecule has 0 saturated carbocycles. The van der Waals surface area contributed by atoms with Crippen LogP contribution in [0.2, 0.25) is 10.1 Å². The van der Waals surface area contributed by atoms with Crippen LogP contribution in [-0.2, 0) is 27.9 Å². The minimum Gasteiger partial charge on any atom is -0.405 e. The summed E-state index contributed by atoms with van der Waals surface area (Å²) in [5.41, 5.74) is 0. The molecule has 0 spiro atoms. The Morgan fingerprint density at radius 3 is 1.33 bits per heavy atom. The normalized spacial score (nSPS) is 20.3. The van der Waals surface area contributed by atoms with Gasteiger partial charge >= 0.3 is 5.92 Å². The van der Waals surface area contributed by atoms with E-state index in [-0.39, 0.29) is 6.61 Å². The van der Waals surface area contributed by atoms with Gasteiger partial charge in [0.25, 0.3) is 26.8 Å². The summed E-state index contributed by atoms with van der Waals surface area (Å²) in [6, 6.07) is 38.6. The summed E-state index contributed by atoms with van der Waals surface area (Å²) in [6.45, 7) is 12.0. The molecule has 5 rings (SSSR count). The summed E-state index contributed by atoms with van der Waals surface area (Å²) in [5, 5.41) is 2.42. The molecule has 3 atom stereocenters. The molecule has 1 aliphatic heterocycles. The van der Waals surface area contributed by atoms with E-state index in [1.807, 2.05) is 142 Å². The second-order valence-electron chi connectivity index (χ2n) is 14.7. The first-order valence-electron chi connectivity index (χ1n) is 16.4. The van der Waals surface area contributed by atoms with Gasteiger partial charge in [0, 0.05) is 0 Å². The molecule has 2 unspecified atom stereocenters. The highest BCUT2D eigenvalue weighted by molar-refractivity contribution is 7.86. The highest BCUT2D eigenvalue weighted by atomic mass is 32.2. The zero-order valence-corrected chi connectivity index (χ0v) is 31.9. The Morgan fingerprint density at radius 1 is 0.653 bits per heavy atom. The third kappa shape index (κ3) is 7.25. The van der Waals surface area contributed by atoms with Crippen LogP contribution < -0.4 is 20.7 Å². The number of benzene rings is 4. The minimum atomic E-state index is -4.34. The van der Waals surface area contributed by atoms with Crippen molar-refractivity contribution in [2.24, 2.45) is 0 Å². The van der Waals surface area contributed by atoms with Gasteiger partial charge in [-0.2, -0.15) is 17.2 Å². The van der Waals surface area contributed by atoms with Crippen molar-refractivity contribution < 1.29 is 35.0 Å². The van der Waals surface area contributed by atoms with E-state index >= 15 is 8.78 Å². The zero-order chi connectivity index (χ0) is 35.7. The van der Waals surface area contributed by atoms with Gasteiger partial charge in [-0.3, -0.25) is 0 Å². The Hall–Kier alpha value is -3.04. The lowest BCUT2D eigenvalue weighted by Gasteiger charge is -2.46. The van der Waals surface area contributed by atoms with Crippen molar-refractivity contribution in [3.05, 3.63) is 121 Å². The molecule has 262 valence electrons. The van der Waals surface area contributed by atoms with Gasteiger partial charge in [-0.25, -0.2) is 4.18 Å². The maximum absolute atomic E-state index is 16.8. The maximum atomic E-state index is 16.8. The summed E-state index contributed by atoms with van der Waals surface area (Å²) in [5.74, 6) is -3.87. The lowest BCUT2D eigenvalue weighted by molar-refractivity contribution is -0.181. The number of ether oxygens (including phenoxy) is 1. The van der Waals surface area contributed by atoms with E-state index in [4.69, 9.17) is 17.8 Å². The fourth-order valence-electron chi connectivity index (χ4n) is 7.08. The number of alkyl halides is 2. The summed E-state index contributed by atoms with van der Waals surface area (Å²) >= 11 is 0. The third-order valence-electron chi connectivity index (χ3n) is 9.19. The van der Waals surface area contributed by atoms with Gasteiger partial charge < -0.3 is 13.6 Å². The van der Waals surface area contributed by atoms with E-state index < -0.39 is 61.2 Å². The highest BCUT2D eigenvalue weighted by Gasteiger charge is 2.66. The lowest BCUT2D eigenvalue weighted by Crippen LogP contribution is -2.70. The first-order chi connectivity index (χ1) is 22.9.